The van der Waals surface area contributed by atoms with Crippen molar-refractivity contribution in [1.82, 2.24) is 9.97 Å². The van der Waals surface area contributed by atoms with Crippen LogP contribution in [0.4, 0.5) is 5.73 Å². The van der Waals surface area contributed by atoms with Gasteiger partial charge in [0.15, 0.2) is 0 Å². The van der Waals surface area contributed by atoms with E-state index in [1.165, 1.54) is 0 Å². The first kappa shape index (κ1) is 18.0. The summed E-state index contributed by atoms with van der Waals surface area (Å²) >= 11 is -4.37. The van der Waals surface area contributed by atoms with E-state index >= 15 is 0 Å². The van der Waals surface area contributed by atoms with Crippen LogP contribution in [0.3, 0.4) is 0 Å². The van der Waals surface area contributed by atoms with Crippen LogP contribution in [0.25, 0.3) is 21.8 Å². The SMILES string of the molecule is CC[CH2][Sn]([F])([F])[CH2]CC.c1cnc2c(c1)ccc1cccnc12. The Bertz CT molecular complexity index is 699. The number of pyridine rings is 2. The molecule has 23 heavy (non-hydrogen) atoms. The maximum Gasteiger partial charge on any atom is 0.0964 e. The van der Waals surface area contributed by atoms with E-state index in [2.05, 4.69) is 34.2 Å². The molecule has 0 spiro atoms. The summed E-state index contributed by atoms with van der Waals surface area (Å²) in [6.45, 7) is 3.67. The molecule has 0 aliphatic rings. The third-order valence-electron chi connectivity index (χ3n) is 3.58. The Hall–Kier alpha value is -1.30. The Balaban J connectivity index is 0.000000188. The van der Waals surface area contributed by atoms with E-state index in [0.717, 1.165) is 21.8 Å². The quantitative estimate of drug-likeness (QED) is 0.382. The van der Waals surface area contributed by atoms with Crippen molar-refractivity contribution in [2.45, 2.75) is 35.6 Å². The molecule has 0 N–H and O–H groups in total. The Morgan fingerprint density at radius 2 is 1.22 bits per heavy atom. The molecule has 0 radical (unpaired) electrons. The number of aromatic nitrogens is 2. The molecule has 0 fully saturated rings. The fourth-order valence-electron chi connectivity index (χ4n) is 2.54. The van der Waals surface area contributed by atoms with Crippen LogP contribution in [0.1, 0.15) is 26.7 Å². The molecule has 2 aromatic heterocycles. The molecule has 2 nitrogen and oxygen atoms in total. The summed E-state index contributed by atoms with van der Waals surface area (Å²) in [5.41, 5.74) is 1.95. The van der Waals surface area contributed by atoms with Crippen LogP contribution in [0.5, 0.6) is 0 Å². The number of hydrogen-bond acceptors (Lipinski definition) is 2. The summed E-state index contributed by atoms with van der Waals surface area (Å²) in [7, 11) is 0. The van der Waals surface area contributed by atoms with Crippen molar-refractivity contribution in [3.8, 4) is 0 Å². The Labute approximate surface area is 141 Å². The summed E-state index contributed by atoms with van der Waals surface area (Å²) < 4.78 is 25.8. The second kappa shape index (κ2) is 8.52. The fourth-order valence-corrected chi connectivity index (χ4v) is 7.43. The minimum Gasteiger partial charge on any atom is -0.254 e. The van der Waals surface area contributed by atoms with Gasteiger partial charge in [0.05, 0.1) is 11.0 Å². The smallest absolute Gasteiger partial charge is 0.0964 e. The minimum atomic E-state index is -4.37. The van der Waals surface area contributed by atoms with E-state index in [1.54, 1.807) is 12.4 Å². The first-order valence-electron chi connectivity index (χ1n) is 8.03. The van der Waals surface area contributed by atoms with Gasteiger partial charge in [-0.1, -0.05) is 24.3 Å². The van der Waals surface area contributed by atoms with Crippen molar-refractivity contribution in [2.75, 3.05) is 0 Å². The van der Waals surface area contributed by atoms with Gasteiger partial charge < -0.3 is 0 Å². The standard InChI is InChI=1S/C12H8N2.2C3H7.2FH.Sn/c1-3-9-5-6-10-4-2-8-14-12(10)11(9)13-7-1;2*1-3-2;;;/h1-8H;2*1,3H2,2H3;2*1H;/q;;;;;+2/p-2. The molecule has 0 atom stereocenters. The number of fused-ring (bicyclic) bond motifs is 3. The number of halogens is 2. The average Bonchev–Trinajstić information content (AvgIpc) is 2.55. The van der Waals surface area contributed by atoms with Crippen LogP contribution < -0.4 is 0 Å². The maximum atomic E-state index is 12.6. The zero-order valence-electron chi connectivity index (χ0n) is 13.6. The van der Waals surface area contributed by atoms with E-state index in [-0.39, 0.29) is 8.87 Å². The van der Waals surface area contributed by atoms with E-state index in [0.29, 0.717) is 12.8 Å². The Morgan fingerprint density at radius 3 is 1.61 bits per heavy atom. The summed E-state index contributed by atoms with van der Waals surface area (Å²) in [6.07, 6.45) is 4.94. The van der Waals surface area contributed by atoms with Gasteiger partial charge in [0.2, 0.25) is 0 Å². The Morgan fingerprint density at radius 1 is 0.783 bits per heavy atom. The van der Waals surface area contributed by atoms with Crippen molar-refractivity contribution in [2.24, 2.45) is 0 Å². The number of nitrogens with zero attached hydrogens (tertiary/aromatic N) is 2. The first-order valence-corrected chi connectivity index (χ1v) is 14.2. The molecular weight excluding hydrogens is 401 g/mol. The van der Waals surface area contributed by atoms with Crippen LogP contribution in [0.2, 0.25) is 8.87 Å². The van der Waals surface area contributed by atoms with Crippen molar-refractivity contribution in [1.29, 1.82) is 0 Å². The summed E-state index contributed by atoms with van der Waals surface area (Å²) in [5, 5.41) is 2.28. The molecule has 0 amide bonds. The summed E-state index contributed by atoms with van der Waals surface area (Å²) in [5.74, 6) is 0. The van der Waals surface area contributed by atoms with E-state index < -0.39 is 19.5 Å². The monoisotopic (exact) mass is 424 g/mol. The molecule has 0 bridgehead atoms. The van der Waals surface area contributed by atoms with Crippen molar-refractivity contribution in [3.63, 3.8) is 0 Å². The number of hydrogen-bond donors (Lipinski definition) is 0. The van der Waals surface area contributed by atoms with Crippen molar-refractivity contribution < 1.29 is 5.73 Å². The summed E-state index contributed by atoms with van der Waals surface area (Å²) in [6, 6.07) is 12.1. The molecule has 3 rings (SSSR count). The third-order valence-corrected chi connectivity index (χ3v) is 10.6. The average molecular weight is 423 g/mol. The third kappa shape index (κ3) is 5.09. The predicted octanol–water partition coefficient (Wildman–Crippen LogP) is 5.97. The molecular formula is C18H22F2N2Sn. The van der Waals surface area contributed by atoms with E-state index in [9.17, 15) is 5.73 Å². The van der Waals surface area contributed by atoms with Gasteiger partial charge in [-0.25, -0.2) is 0 Å². The normalized spacial score (nSPS) is 11.3. The summed E-state index contributed by atoms with van der Waals surface area (Å²) in [4.78, 5) is 8.69. The van der Waals surface area contributed by atoms with E-state index in [1.807, 2.05) is 26.0 Å². The Kier molecular flexibility index (Phi) is 6.69. The molecule has 1 aromatic carbocycles. The van der Waals surface area contributed by atoms with Crippen LogP contribution in [-0.4, -0.2) is 29.5 Å². The molecule has 0 saturated heterocycles. The fraction of sp³-hybridized carbons (Fsp3) is 0.333. The van der Waals surface area contributed by atoms with Crippen LogP contribution in [-0.2, 0) is 0 Å². The zero-order chi connectivity index (χ0) is 16.7. The molecule has 3 aromatic rings. The molecule has 0 aliphatic carbocycles. The van der Waals surface area contributed by atoms with E-state index in [4.69, 9.17) is 0 Å². The second-order valence-electron chi connectivity index (χ2n) is 5.57. The van der Waals surface area contributed by atoms with Crippen molar-refractivity contribution >= 4 is 41.3 Å². The maximum absolute atomic E-state index is 12.6. The topological polar surface area (TPSA) is 25.8 Å². The minimum absolute atomic E-state index is 0.252. The molecule has 0 unspecified atom stereocenters. The van der Waals surface area contributed by atoms with Gasteiger partial charge in [-0.2, -0.15) is 0 Å². The van der Waals surface area contributed by atoms with Gasteiger partial charge in [-0.05, 0) is 12.1 Å². The van der Waals surface area contributed by atoms with Crippen molar-refractivity contribution in [3.05, 3.63) is 48.8 Å². The molecule has 0 aliphatic heterocycles. The largest absolute Gasteiger partial charge is 0.254 e. The second-order valence-corrected chi connectivity index (χ2v) is 13.3. The number of benzene rings is 1. The van der Waals surface area contributed by atoms with Gasteiger partial charge >= 0.3 is 60.8 Å². The first-order chi connectivity index (χ1) is 11.1. The molecule has 122 valence electrons. The molecule has 5 heteroatoms. The van der Waals surface area contributed by atoms with Crippen LogP contribution in [0, 0.1) is 0 Å². The van der Waals surface area contributed by atoms with Crippen LogP contribution >= 0.6 is 0 Å². The van der Waals surface area contributed by atoms with Gasteiger partial charge in [0.25, 0.3) is 0 Å². The van der Waals surface area contributed by atoms with Gasteiger partial charge in [-0.15, -0.1) is 0 Å². The van der Waals surface area contributed by atoms with Gasteiger partial charge in [0.1, 0.15) is 0 Å². The molecule has 2 heterocycles. The van der Waals surface area contributed by atoms with Gasteiger partial charge in [0, 0.05) is 23.2 Å². The zero-order valence-corrected chi connectivity index (χ0v) is 16.5. The predicted molar refractivity (Wildman–Crippen MR) is 95.2 cm³/mol. The number of rotatable bonds is 4. The molecule has 0 saturated carbocycles. The van der Waals surface area contributed by atoms with Gasteiger partial charge in [-0.3, -0.25) is 9.97 Å². The van der Waals surface area contributed by atoms with Crippen LogP contribution in [0.15, 0.2) is 48.8 Å².